The maximum absolute atomic E-state index is 11.7. The van der Waals surface area contributed by atoms with Crippen molar-refractivity contribution in [3.63, 3.8) is 0 Å². The Bertz CT molecular complexity index is 430. The van der Waals surface area contributed by atoms with Gasteiger partial charge in [0.05, 0.1) is 17.3 Å². The molecule has 0 heterocycles. The second-order valence-electron chi connectivity index (χ2n) is 4.99. The molecular weight excluding hydrogens is 248 g/mol. The van der Waals surface area contributed by atoms with Gasteiger partial charge in [0.1, 0.15) is 0 Å². The van der Waals surface area contributed by atoms with Crippen molar-refractivity contribution in [3.8, 4) is 0 Å². The molecule has 1 aliphatic carbocycles. The number of rotatable bonds is 6. The van der Waals surface area contributed by atoms with Crippen LogP contribution < -0.4 is 10.6 Å². The quantitative estimate of drug-likeness (QED) is 0.831. The molecule has 1 saturated carbocycles. The van der Waals surface area contributed by atoms with Crippen LogP contribution in [-0.4, -0.2) is 19.0 Å². The molecule has 0 aromatic heterocycles. The molecule has 1 aromatic rings. The molecule has 98 valence electrons. The second-order valence-corrected chi connectivity index (χ2v) is 5.39. The van der Waals surface area contributed by atoms with Gasteiger partial charge in [-0.1, -0.05) is 30.7 Å². The number of benzene rings is 1. The zero-order chi connectivity index (χ0) is 13.0. The third kappa shape index (κ3) is 3.47. The average molecular weight is 267 g/mol. The van der Waals surface area contributed by atoms with E-state index in [-0.39, 0.29) is 5.91 Å². The Balaban J connectivity index is 1.74. The van der Waals surface area contributed by atoms with Crippen LogP contribution in [0.15, 0.2) is 24.3 Å². The van der Waals surface area contributed by atoms with Gasteiger partial charge in [-0.05, 0) is 36.8 Å². The van der Waals surface area contributed by atoms with E-state index in [1.165, 1.54) is 19.3 Å². The van der Waals surface area contributed by atoms with Crippen molar-refractivity contribution >= 4 is 23.2 Å². The molecule has 18 heavy (non-hydrogen) atoms. The van der Waals surface area contributed by atoms with Crippen LogP contribution in [0.5, 0.6) is 0 Å². The smallest absolute Gasteiger partial charge is 0.238 e. The lowest BCUT2D eigenvalue weighted by molar-refractivity contribution is -0.115. The molecule has 0 bridgehead atoms. The van der Waals surface area contributed by atoms with Gasteiger partial charge in [-0.2, -0.15) is 0 Å². The van der Waals surface area contributed by atoms with Crippen molar-refractivity contribution in [2.45, 2.75) is 26.2 Å². The molecule has 0 atom stereocenters. The molecular formula is C14H19ClN2O. The van der Waals surface area contributed by atoms with E-state index in [1.807, 2.05) is 12.1 Å². The van der Waals surface area contributed by atoms with Crippen LogP contribution in [0.25, 0.3) is 0 Å². The number of amides is 1. The summed E-state index contributed by atoms with van der Waals surface area (Å²) < 4.78 is 0. The van der Waals surface area contributed by atoms with E-state index in [2.05, 4.69) is 17.6 Å². The lowest BCUT2D eigenvalue weighted by Gasteiger charge is -2.13. The molecule has 0 radical (unpaired) electrons. The summed E-state index contributed by atoms with van der Waals surface area (Å²) >= 11 is 5.97. The van der Waals surface area contributed by atoms with Crippen LogP contribution in [0.4, 0.5) is 5.69 Å². The second kappa shape index (κ2) is 5.72. The summed E-state index contributed by atoms with van der Waals surface area (Å²) in [7, 11) is 0. The first-order valence-electron chi connectivity index (χ1n) is 6.40. The van der Waals surface area contributed by atoms with Gasteiger partial charge in [-0.3, -0.25) is 4.79 Å². The van der Waals surface area contributed by atoms with Gasteiger partial charge in [-0.15, -0.1) is 0 Å². The molecule has 1 aromatic carbocycles. The summed E-state index contributed by atoms with van der Waals surface area (Å²) in [5.41, 5.74) is 1.13. The Labute approximate surface area is 113 Å². The van der Waals surface area contributed by atoms with Gasteiger partial charge in [0.25, 0.3) is 0 Å². The van der Waals surface area contributed by atoms with Gasteiger partial charge in [0.15, 0.2) is 0 Å². The molecule has 0 spiro atoms. The standard InChI is InChI=1S/C14H19ClN2O/c1-2-14(7-8-14)10-16-9-13(18)17-12-6-4-3-5-11(12)15/h3-6,16H,2,7-10H2,1H3,(H,17,18). The molecule has 1 amide bonds. The minimum Gasteiger partial charge on any atom is -0.324 e. The molecule has 1 fully saturated rings. The Morgan fingerprint density at radius 2 is 2.11 bits per heavy atom. The summed E-state index contributed by atoms with van der Waals surface area (Å²) in [6.07, 6.45) is 3.75. The number of carbonyl (C=O) groups excluding carboxylic acids is 1. The molecule has 0 saturated heterocycles. The summed E-state index contributed by atoms with van der Waals surface area (Å²) in [5.74, 6) is -0.0463. The number of nitrogens with one attached hydrogen (secondary N) is 2. The van der Waals surface area contributed by atoms with Crippen LogP contribution >= 0.6 is 11.6 Å². The third-order valence-corrected chi connectivity index (χ3v) is 3.97. The molecule has 2 rings (SSSR count). The molecule has 1 aliphatic rings. The van der Waals surface area contributed by atoms with Gasteiger partial charge in [0.2, 0.25) is 5.91 Å². The van der Waals surface area contributed by atoms with Crippen LogP contribution in [-0.2, 0) is 4.79 Å². The molecule has 2 N–H and O–H groups in total. The lowest BCUT2D eigenvalue weighted by Crippen LogP contribution is -2.32. The van der Waals surface area contributed by atoms with Gasteiger partial charge in [-0.25, -0.2) is 0 Å². The Kier molecular flexibility index (Phi) is 4.25. The first kappa shape index (κ1) is 13.4. The molecule has 0 unspecified atom stereocenters. The van der Waals surface area contributed by atoms with Gasteiger partial charge < -0.3 is 10.6 Å². The average Bonchev–Trinajstić information content (AvgIpc) is 3.13. The van der Waals surface area contributed by atoms with E-state index >= 15 is 0 Å². The number of hydrogen-bond donors (Lipinski definition) is 2. The van der Waals surface area contributed by atoms with Crippen molar-refractivity contribution in [2.75, 3.05) is 18.4 Å². The Morgan fingerprint density at radius 3 is 2.72 bits per heavy atom. The number of halogens is 1. The maximum atomic E-state index is 11.7. The van der Waals surface area contributed by atoms with Crippen molar-refractivity contribution in [3.05, 3.63) is 29.3 Å². The number of hydrogen-bond acceptors (Lipinski definition) is 2. The van der Waals surface area contributed by atoms with Crippen LogP contribution in [0.1, 0.15) is 26.2 Å². The van der Waals surface area contributed by atoms with Crippen LogP contribution in [0.2, 0.25) is 5.02 Å². The summed E-state index contributed by atoms with van der Waals surface area (Å²) in [6, 6.07) is 7.26. The highest BCUT2D eigenvalue weighted by Gasteiger charge is 2.39. The highest BCUT2D eigenvalue weighted by Crippen LogP contribution is 2.47. The highest BCUT2D eigenvalue weighted by molar-refractivity contribution is 6.33. The fourth-order valence-electron chi connectivity index (χ4n) is 2.03. The van der Waals surface area contributed by atoms with E-state index in [9.17, 15) is 4.79 Å². The van der Waals surface area contributed by atoms with E-state index in [0.717, 1.165) is 6.54 Å². The van der Waals surface area contributed by atoms with E-state index in [0.29, 0.717) is 22.7 Å². The Morgan fingerprint density at radius 1 is 1.39 bits per heavy atom. The molecule has 4 heteroatoms. The van der Waals surface area contributed by atoms with E-state index in [1.54, 1.807) is 12.1 Å². The van der Waals surface area contributed by atoms with Gasteiger partial charge >= 0.3 is 0 Å². The predicted molar refractivity (Wildman–Crippen MR) is 74.9 cm³/mol. The van der Waals surface area contributed by atoms with Crippen LogP contribution in [0, 0.1) is 5.41 Å². The SMILES string of the molecule is CCC1(CNCC(=O)Nc2ccccc2Cl)CC1. The highest BCUT2D eigenvalue weighted by atomic mass is 35.5. The van der Waals surface area contributed by atoms with Crippen molar-refractivity contribution in [2.24, 2.45) is 5.41 Å². The van der Waals surface area contributed by atoms with Crippen molar-refractivity contribution in [1.29, 1.82) is 0 Å². The first-order chi connectivity index (χ1) is 8.65. The fraction of sp³-hybridized carbons (Fsp3) is 0.500. The molecule has 0 aliphatic heterocycles. The normalized spacial score (nSPS) is 16.3. The Hall–Kier alpha value is -1.06. The summed E-state index contributed by atoms with van der Waals surface area (Å²) in [5, 5.41) is 6.59. The predicted octanol–water partition coefficient (Wildman–Crippen LogP) is 3.06. The topological polar surface area (TPSA) is 41.1 Å². The maximum Gasteiger partial charge on any atom is 0.238 e. The monoisotopic (exact) mass is 266 g/mol. The van der Waals surface area contributed by atoms with Crippen LogP contribution in [0.3, 0.4) is 0 Å². The number of anilines is 1. The van der Waals surface area contributed by atoms with Crippen molar-refractivity contribution in [1.82, 2.24) is 5.32 Å². The van der Waals surface area contributed by atoms with E-state index < -0.39 is 0 Å². The fourth-order valence-corrected chi connectivity index (χ4v) is 2.21. The largest absolute Gasteiger partial charge is 0.324 e. The third-order valence-electron chi connectivity index (χ3n) is 3.64. The first-order valence-corrected chi connectivity index (χ1v) is 6.78. The number of para-hydroxylation sites is 1. The minimum atomic E-state index is -0.0463. The molecule has 3 nitrogen and oxygen atoms in total. The summed E-state index contributed by atoms with van der Waals surface area (Å²) in [4.78, 5) is 11.7. The van der Waals surface area contributed by atoms with Crippen molar-refractivity contribution < 1.29 is 4.79 Å². The van der Waals surface area contributed by atoms with E-state index in [4.69, 9.17) is 11.6 Å². The summed E-state index contributed by atoms with van der Waals surface area (Å²) in [6.45, 7) is 3.48. The zero-order valence-electron chi connectivity index (χ0n) is 10.6. The lowest BCUT2D eigenvalue weighted by atomic mass is 10.0. The minimum absolute atomic E-state index is 0.0463. The zero-order valence-corrected chi connectivity index (χ0v) is 11.4. The van der Waals surface area contributed by atoms with Gasteiger partial charge in [0, 0.05) is 6.54 Å². The number of carbonyl (C=O) groups is 1.